The molecule has 0 saturated heterocycles. The fourth-order valence-electron chi connectivity index (χ4n) is 2.09. The lowest BCUT2D eigenvalue weighted by molar-refractivity contribution is 0.108. The maximum Gasteiger partial charge on any atom is 0.0499 e. The van der Waals surface area contributed by atoms with Gasteiger partial charge in [-0.05, 0) is 31.1 Å². The van der Waals surface area contributed by atoms with Gasteiger partial charge < -0.3 is 15.5 Å². The molecule has 3 N–H and O–H groups in total. The van der Waals surface area contributed by atoms with Gasteiger partial charge in [0, 0.05) is 31.7 Å². The van der Waals surface area contributed by atoms with Crippen molar-refractivity contribution in [2.75, 3.05) is 26.3 Å². The van der Waals surface area contributed by atoms with E-state index in [-0.39, 0.29) is 24.0 Å². The van der Waals surface area contributed by atoms with E-state index < -0.39 is 0 Å². The van der Waals surface area contributed by atoms with Crippen LogP contribution in [0.4, 0.5) is 0 Å². The summed E-state index contributed by atoms with van der Waals surface area (Å²) >= 11 is 0. The molecule has 0 aliphatic rings. The molecule has 17 heavy (non-hydrogen) atoms. The quantitative estimate of drug-likeness (QED) is 0.553. The van der Waals surface area contributed by atoms with Crippen LogP contribution in [0.5, 0.6) is 0 Å². The summed E-state index contributed by atoms with van der Waals surface area (Å²) in [5.74, 6) is 0. The molecule has 0 heterocycles. The average molecular weight is 245 g/mol. The zero-order valence-electron chi connectivity index (χ0n) is 12.1. The summed E-state index contributed by atoms with van der Waals surface area (Å²) in [6.45, 7) is 11.0. The van der Waals surface area contributed by atoms with Crippen molar-refractivity contribution in [3.05, 3.63) is 0 Å². The third-order valence-electron chi connectivity index (χ3n) is 3.95. The Kier molecular flexibility index (Phi) is 8.01. The van der Waals surface area contributed by atoms with Gasteiger partial charge in [0.1, 0.15) is 0 Å². The summed E-state index contributed by atoms with van der Waals surface area (Å²) in [4.78, 5) is 0. The maximum absolute atomic E-state index is 9.47. The SMILES string of the molecule is CCC(CC)(CO)CNCC(C)(C)CCCO. The van der Waals surface area contributed by atoms with Crippen molar-refractivity contribution >= 4 is 0 Å². The van der Waals surface area contributed by atoms with Crippen LogP contribution in [0.25, 0.3) is 0 Å². The van der Waals surface area contributed by atoms with E-state index >= 15 is 0 Å². The molecule has 0 aromatic heterocycles. The number of nitrogens with one attached hydrogen (secondary N) is 1. The van der Waals surface area contributed by atoms with Gasteiger partial charge in [-0.3, -0.25) is 0 Å². The van der Waals surface area contributed by atoms with Crippen LogP contribution in [0.1, 0.15) is 53.4 Å². The van der Waals surface area contributed by atoms with Crippen LogP contribution >= 0.6 is 0 Å². The molecular weight excluding hydrogens is 214 g/mol. The molecule has 0 saturated carbocycles. The van der Waals surface area contributed by atoms with E-state index in [2.05, 4.69) is 33.0 Å². The molecule has 0 aromatic rings. The van der Waals surface area contributed by atoms with Crippen LogP contribution in [0.2, 0.25) is 0 Å². The van der Waals surface area contributed by atoms with Gasteiger partial charge in [0.25, 0.3) is 0 Å². The van der Waals surface area contributed by atoms with Crippen molar-refractivity contribution in [2.24, 2.45) is 10.8 Å². The standard InChI is InChI=1S/C14H31NO2/c1-5-14(6-2,12-17)11-15-10-13(3,4)8-7-9-16/h15-17H,5-12H2,1-4H3. The highest BCUT2D eigenvalue weighted by Gasteiger charge is 2.26. The Bertz CT molecular complexity index is 180. The summed E-state index contributed by atoms with van der Waals surface area (Å²) in [5.41, 5.74) is 0.248. The van der Waals surface area contributed by atoms with Crippen molar-refractivity contribution in [1.29, 1.82) is 0 Å². The smallest absolute Gasteiger partial charge is 0.0499 e. The van der Waals surface area contributed by atoms with Gasteiger partial charge in [0.2, 0.25) is 0 Å². The van der Waals surface area contributed by atoms with Gasteiger partial charge in [-0.2, -0.15) is 0 Å². The fourth-order valence-corrected chi connectivity index (χ4v) is 2.09. The van der Waals surface area contributed by atoms with E-state index in [1.54, 1.807) is 0 Å². The van der Waals surface area contributed by atoms with E-state index in [4.69, 9.17) is 5.11 Å². The molecule has 0 bridgehead atoms. The Balaban J connectivity index is 4.02. The highest BCUT2D eigenvalue weighted by molar-refractivity contribution is 4.80. The van der Waals surface area contributed by atoms with Crippen LogP contribution in [-0.2, 0) is 0 Å². The van der Waals surface area contributed by atoms with Crippen LogP contribution in [-0.4, -0.2) is 36.5 Å². The third-order valence-corrected chi connectivity index (χ3v) is 3.95. The molecule has 0 aliphatic heterocycles. The van der Waals surface area contributed by atoms with Gasteiger partial charge in [0.05, 0.1) is 0 Å². The maximum atomic E-state index is 9.47. The first-order valence-electron chi connectivity index (χ1n) is 6.88. The second kappa shape index (κ2) is 8.06. The predicted molar refractivity (Wildman–Crippen MR) is 73.1 cm³/mol. The molecule has 0 aliphatic carbocycles. The van der Waals surface area contributed by atoms with E-state index in [0.29, 0.717) is 0 Å². The number of hydrogen-bond acceptors (Lipinski definition) is 3. The van der Waals surface area contributed by atoms with Crippen molar-refractivity contribution in [3.63, 3.8) is 0 Å². The molecule has 0 spiro atoms. The molecule has 0 radical (unpaired) electrons. The van der Waals surface area contributed by atoms with Crippen LogP contribution in [0.3, 0.4) is 0 Å². The highest BCUT2D eigenvalue weighted by Crippen LogP contribution is 2.26. The fraction of sp³-hybridized carbons (Fsp3) is 1.00. The molecule has 104 valence electrons. The molecule has 0 unspecified atom stereocenters. The predicted octanol–water partition coefficient (Wildman–Crippen LogP) is 2.17. The second-order valence-electron chi connectivity index (χ2n) is 5.96. The third kappa shape index (κ3) is 6.39. The number of rotatable bonds is 10. The largest absolute Gasteiger partial charge is 0.396 e. The lowest BCUT2D eigenvalue weighted by Gasteiger charge is -2.32. The van der Waals surface area contributed by atoms with Crippen molar-refractivity contribution in [1.82, 2.24) is 5.32 Å². The van der Waals surface area contributed by atoms with Gasteiger partial charge >= 0.3 is 0 Å². The lowest BCUT2D eigenvalue weighted by Crippen LogP contribution is -2.40. The Morgan fingerprint density at radius 1 is 1.00 bits per heavy atom. The molecule has 0 aromatic carbocycles. The van der Waals surface area contributed by atoms with Gasteiger partial charge in [-0.1, -0.05) is 27.7 Å². The second-order valence-corrected chi connectivity index (χ2v) is 5.96. The number of aliphatic hydroxyl groups is 2. The lowest BCUT2D eigenvalue weighted by atomic mass is 9.82. The van der Waals surface area contributed by atoms with Crippen molar-refractivity contribution in [2.45, 2.75) is 53.4 Å². The van der Waals surface area contributed by atoms with E-state index in [1.165, 1.54) is 0 Å². The van der Waals surface area contributed by atoms with Gasteiger partial charge in [-0.25, -0.2) is 0 Å². The molecule has 0 rings (SSSR count). The molecule has 0 atom stereocenters. The summed E-state index contributed by atoms with van der Waals surface area (Å²) in [7, 11) is 0. The Labute approximate surface area is 107 Å². The van der Waals surface area contributed by atoms with Gasteiger partial charge in [-0.15, -0.1) is 0 Å². The number of aliphatic hydroxyl groups excluding tert-OH is 2. The zero-order chi connectivity index (χ0) is 13.4. The van der Waals surface area contributed by atoms with Crippen molar-refractivity contribution < 1.29 is 10.2 Å². The summed E-state index contributed by atoms with van der Waals surface area (Å²) < 4.78 is 0. The Hall–Kier alpha value is -0.120. The average Bonchev–Trinajstić information content (AvgIpc) is 2.33. The minimum Gasteiger partial charge on any atom is -0.396 e. The minimum absolute atomic E-state index is 0.0348. The van der Waals surface area contributed by atoms with Crippen molar-refractivity contribution in [3.8, 4) is 0 Å². The van der Waals surface area contributed by atoms with Gasteiger partial charge in [0.15, 0.2) is 0 Å². The topological polar surface area (TPSA) is 52.5 Å². The molecule has 3 nitrogen and oxygen atoms in total. The van der Waals surface area contributed by atoms with E-state index in [0.717, 1.165) is 38.8 Å². The Morgan fingerprint density at radius 2 is 1.59 bits per heavy atom. The zero-order valence-corrected chi connectivity index (χ0v) is 12.1. The molecule has 0 fully saturated rings. The number of hydrogen-bond donors (Lipinski definition) is 3. The first kappa shape index (κ1) is 16.9. The Morgan fingerprint density at radius 3 is 2.00 bits per heavy atom. The summed E-state index contributed by atoms with van der Waals surface area (Å²) in [6.07, 6.45) is 3.90. The minimum atomic E-state index is 0.0348. The van der Waals surface area contributed by atoms with Crippen LogP contribution in [0.15, 0.2) is 0 Å². The normalized spacial score (nSPS) is 13.1. The monoisotopic (exact) mass is 245 g/mol. The van der Waals surface area contributed by atoms with Crippen LogP contribution < -0.4 is 5.32 Å². The molecular formula is C14H31NO2. The molecule has 3 heteroatoms. The first-order valence-corrected chi connectivity index (χ1v) is 6.88. The van der Waals surface area contributed by atoms with E-state index in [9.17, 15) is 5.11 Å². The summed E-state index contributed by atoms with van der Waals surface area (Å²) in [6, 6.07) is 0. The van der Waals surface area contributed by atoms with E-state index in [1.807, 2.05) is 0 Å². The highest BCUT2D eigenvalue weighted by atomic mass is 16.3. The van der Waals surface area contributed by atoms with Crippen LogP contribution in [0, 0.1) is 10.8 Å². The summed E-state index contributed by atoms with van der Waals surface area (Å²) in [5, 5.41) is 21.8. The first-order chi connectivity index (χ1) is 7.95. The molecule has 0 amide bonds.